The SMILES string of the molecule is CCNC(=O)NC(=O)C(C)NC1(C(=O)O)CCC1. The normalized spacial score (nSPS) is 18.3. The maximum Gasteiger partial charge on any atom is 0.323 e. The lowest BCUT2D eigenvalue weighted by Crippen LogP contribution is -2.63. The van der Waals surface area contributed by atoms with Crippen LogP contribution >= 0.6 is 0 Å². The third-order valence-electron chi connectivity index (χ3n) is 3.08. The Bertz CT molecular complexity index is 352. The summed E-state index contributed by atoms with van der Waals surface area (Å²) in [5.74, 6) is -1.49. The van der Waals surface area contributed by atoms with Crippen molar-refractivity contribution in [1.29, 1.82) is 0 Å². The van der Waals surface area contributed by atoms with Gasteiger partial charge in [0, 0.05) is 6.54 Å². The van der Waals surface area contributed by atoms with Crippen LogP contribution in [0.2, 0.25) is 0 Å². The molecule has 0 aromatic heterocycles. The molecule has 1 unspecified atom stereocenters. The second-order valence-corrected chi connectivity index (χ2v) is 4.46. The number of nitrogens with one attached hydrogen (secondary N) is 3. The molecule has 1 aliphatic carbocycles. The molecule has 7 nitrogen and oxygen atoms in total. The maximum absolute atomic E-state index is 11.6. The number of carbonyl (C=O) groups is 3. The van der Waals surface area contributed by atoms with E-state index in [4.69, 9.17) is 5.11 Å². The fourth-order valence-electron chi connectivity index (χ4n) is 1.86. The van der Waals surface area contributed by atoms with Crippen molar-refractivity contribution >= 4 is 17.9 Å². The summed E-state index contributed by atoms with van der Waals surface area (Å²) in [7, 11) is 0. The Labute approximate surface area is 105 Å². The maximum atomic E-state index is 11.6. The van der Waals surface area contributed by atoms with Gasteiger partial charge in [-0.25, -0.2) is 4.79 Å². The highest BCUT2D eigenvalue weighted by molar-refractivity contribution is 5.97. The summed E-state index contributed by atoms with van der Waals surface area (Å²) in [5, 5.41) is 16.5. The van der Waals surface area contributed by atoms with Gasteiger partial charge in [0.25, 0.3) is 0 Å². The third-order valence-corrected chi connectivity index (χ3v) is 3.08. The van der Waals surface area contributed by atoms with Gasteiger partial charge < -0.3 is 10.4 Å². The molecule has 0 aliphatic heterocycles. The average Bonchev–Trinajstić information content (AvgIpc) is 2.22. The van der Waals surface area contributed by atoms with E-state index in [0.717, 1.165) is 6.42 Å². The monoisotopic (exact) mass is 257 g/mol. The molecule has 0 aromatic rings. The van der Waals surface area contributed by atoms with Crippen molar-refractivity contribution in [2.75, 3.05) is 6.54 Å². The predicted octanol–water partition coefficient (Wildman–Crippen LogP) is -0.182. The van der Waals surface area contributed by atoms with Gasteiger partial charge in [0.15, 0.2) is 0 Å². The minimum Gasteiger partial charge on any atom is -0.480 e. The number of urea groups is 1. The van der Waals surface area contributed by atoms with Crippen LogP contribution in [0.1, 0.15) is 33.1 Å². The van der Waals surface area contributed by atoms with Gasteiger partial charge in [-0.3, -0.25) is 20.2 Å². The lowest BCUT2D eigenvalue weighted by molar-refractivity contribution is -0.149. The number of carboxylic acids is 1. The smallest absolute Gasteiger partial charge is 0.323 e. The zero-order valence-corrected chi connectivity index (χ0v) is 10.6. The Balaban J connectivity index is 2.49. The van der Waals surface area contributed by atoms with E-state index in [1.165, 1.54) is 6.92 Å². The van der Waals surface area contributed by atoms with E-state index < -0.39 is 29.5 Å². The van der Waals surface area contributed by atoms with Crippen LogP contribution in [-0.2, 0) is 9.59 Å². The minimum absolute atomic E-state index is 0.417. The molecule has 1 fully saturated rings. The van der Waals surface area contributed by atoms with Crippen LogP contribution in [0.5, 0.6) is 0 Å². The molecule has 1 atom stereocenters. The van der Waals surface area contributed by atoms with Crippen LogP contribution in [0.25, 0.3) is 0 Å². The average molecular weight is 257 g/mol. The fraction of sp³-hybridized carbons (Fsp3) is 0.727. The van der Waals surface area contributed by atoms with E-state index in [-0.39, 0.29) is 0 Å². The highest BCUT2D eigenvalue weighted by Gasteiger charge is 2.45. The van der Waals surface area contributed by atoms with Crippen LogP contribution in [0.3, 0.4) is 0 Å². The summed E-state index contributed by atoms with van der Waals surface area (Å²) >= 11 is 0. The first-order chi connectivity index (χ1) is 8.41. The van der Waals surface area contributed by atoms with Gasteiger partial charge in [-0.05, 0) is 33.1 Å². The molecule has 102 valence electrons. The fourth-order valence-corrected chi connectivity index (χ4v) is 1.86. The summed E-state index contributed by atoms with van der Waals surface area (Å²) in [4.78, 5) is 33.9. The Morgan fingerprint density at radius 2 is 1.94 bits per heavy atom. The van der Waals surface area contributed by atoms with E-state index >= 15 is 0 Å². The van der Waals surface area contributed by atoms with Gasteiger partial charge in [-0.15, -0.1) is 0 Å². The molecule has 1 rings (SSSR count). The van der Waals surface area contributed by atoms with Gasteiger partial charge in [-0.2, -0.15) is 0 Å². The summed E-state index contributed by atoms with van der Waals surface area (Å²) < 4.78 is 0. The number of amides is 3. The Kier molecular flexibility index (Phi) is 4.66. The van der Waals surface area contributed by atoms with Crippen LogP contribution in [-0.4, -0.2) is 41.1 Å². The van der Waals surface area contributed by atoms with Crippen molar-refractivity contribution in [3.63, 3.8) is 0 Å². The molecule has 0 spiro atoms. The van der Waals surface area contributed by atoms with E-state index in [9.17, 15) is 14.4 Å². The van der Waals surface area contributed by atoms with E-state index in [0.29, 0.717) is 19.4 Å². The zero-order valence-electron chi connectivity index (χ0n) is 10.6. The summed E-state index contributed by atoms with van der Waals surface area (Å²) in [6, 6.07) is -1.31. The molecule has 0 bridgehead atoms. The summed E-state index contributed by atoms with van der Waals surface area (Å²) in [5.41, 5.74) is -1.02. The predicted molar refractivity (Wildman–Crippen MR) is 64.0 cm³/mol. The number of carbonyl (C=O) groups excluding carboxylic acids is 2. The van der Waals surface area contributed by atoms with Gasteiger partial charge >= 0.3 is 12.0 Å². The molecular formula is C11H19N3O4. The van der Waals surface area contributed by atoms with Crippen molar-refractivity contribution in [2.24, 2.45) is 0 Å². The first-order valence-corrected chi connectivity index (χ1v) is 6.01. The van der Waals surface area contributed by atoms with E-state index in [1.807, 2.05) is 0 Å². The lowest BCUT2D eigenvalue weighted by Gasteiger charge is -2.40. The van der Waals surface area contributed by atoms with Crippen molar-refractivity contribution in [3.05, 3.63) is 0 Å². The molecule has 4 N–H and O–H groups in total. The Morgan fingerprint density at radius 1 is 1.33 bits per heavy atom. The molecule has 0 aromatic carbocycles. The van der Waals surface area contributed by atoms with E-state index in [1.54, 1.807) is 6.92 Å². The highest BCUT2D eigenvalue weighted by Crippen LogP contribution is 2.32. The van der Waals surface area contributed by atoms with Crippen LogP contribution in [0.4, 0.5) is 4.79 Å². The Hall–Kier alpha value is -1.63. The molecule has 7 heteroatoms. The number of carboxylic acid groups (broad SMARTS) is 1. The van der Waals surface area contributed by atoms with Gasteiger partial charge in [0.2, 0.25) is 5.91 Å². The highest BCUT2D eigenvalue weighted by atomic mass is 16.4. The van der Waals surface area contributed by atoms with Crippen molar-refractivity contribution in [1.82, 2.24) is 16.0 Å². The topological polar surface area (TPSA) is 108 Å². The standard InChI is InChI=1S/C11H19N3O4/c1-3-12-10(18)13-8(15)7(2)14-11(9(16)17)5-4-6-11/h7,14H,3-6H2,1-2H3,(H,16,17)(H2,12,13,15,18). The van der Waals surface area contributed by atoms with Crippen molar-refractivity contribution in [3.8, 4) is 0 Å². The molecule has 18 heavy (non-hydrogen) atoms. The third kappa shape index (κ3) is 3.19. The van der Waals surface area contributed by atoms with Crippen LogP contribution in [0, 0.1) is 0 Å². The lowest BCUT2D eigenvalue weighted by atomic mass is 9.76. The quantitative estimate of drug-likeness (QED) is 0.546. The van der Waals surface area contributed by atoms with Crippen LogP contribution in [0.15, 0.2) is 0 Å². The molecule has 0 heterocycles. The van der Waals surface area contributed by atoms with E-state index in [2.05, 4.69) is 16.0 Å². The zero-order chi connectivity index (χ0) is 13.8. The van der Waals surface area contributed by atoms with Crippen LogP contribution < -0.4 is 16.0 Å². The van der Waals surface area contributed by atoms with Crippen molar-refractivity contribution in [2.45, 2.75) is 44.7 Å². The summed E-state index contributed by atoms with van der Waals surface area (Å²) in [6.45, 7) is 3.69. The molecular weight excluding hydrogens is 238 g/mol. The first-order valence-electron chi connectivity index (χ1n) is 6.01. The minimum atomic E-state index is -1.02. The number of hydrogen-bond donors (Lipinski definition) is 4. The molecule has 3 amide bonds. The number of aliphatic carboxylic acids is 1. The van der Waals surface area contributed by atoms with Gasteiger partial charge in [0.05, 0.1) is 6.04 Å². The van der Waals surface area contributed by atoms with Gasteiger partial charge in [0.1, 0.15) is 5.54 Å². The first kappa shape index (κ1) is 14.4. The molecule has 0 radical (unpaired) electrons. The second kappa shape index (κ2) is 5.81. The number of hydrogen-bond acceptors (Lipinski definition) is 4. The number of rotatable bonds is 5. The summed E-state index contributed by atoms with van der Waals surface area (Å²) in [6.07, 6.45) is 1.83. The van der Waals surface area contributed by atoms with Gasteiger partial charge in [-0.1, -0.05) is 0 Å². The molecule has 1 saturated carbocycles. The number of imide groups is 1. The Morgan fingerprint density at radius 3 is 2.33 bits per heavy atom. The largest absolute Gasteiger partial charge is 0.480 e. The second-order valence-electron chi connectivity index (χ2n) is 4.46. The molecule has 1 aliphatic rings. The molecule has 0 saturated heterocycles. The van der Waals surface area contributed by atoms with Crippen molar-refractivity contribution < 1.29 is 19.5 Å².